The molecular weight excluding hydrogens is 473 g/mol. The van der Waals surface area contributed by atoms with E-state index >= 15 is 0 Å². The van der Waals surface area contributed by atoms with E-state index < -0.39 is 21.4 Å². The molecule has 2 aromatic rings. The number of ether oxygens (including phenoxy) is 1. The molecule has 12 heteroatoms. The summed E-state index contributed by atoms with van der Waals surface area (Å²) in [7, 11) is -2.51. The van der Waals surface area contributed by atoms with Gasteiger partial charge in [0, 0.05) is 35.8 Å². The molecule has 3 rings (SSSR count). The number of halogens is 3. The topological polar surface area (TPSA) is 93.7 Å². The van der Waals surface area contributed by atoms with Crippen molar-refractivity contribution in [3.63, 3.8) is 0 Å². The lowest BCUT2D eigenvalue weighted by Gasteiger charge is -2.49. The third-order valence-corrected chi connectivity index (χ3v) is 6.65. The van der Waals surface area contributed by atoms with Crippen molar-refractivity contribution < 1.29 is 30.5 Å². The first-order valence-corrected chi connectivity index (χ1v) is 12.0. The standard InChI is InChI=1S/C22H29F3N4O4S/c1-20(2)12-14(13-21(3,4)28-20)29(5)19-10-9-17(26-27-19)16-8-7-15(11-18(16)32-6)33-34(30,31)22(23,24)25/h7-11,14,28H,12-13H2,1-6H3. The Morgan fingerprint density at radius 1 is 1.06 bits per heavy atom. The Labute approximate surface area is 197 Å². The first-order valence-electron chi connectivity index (χ1n) is 10.6. The average molecular weight is 503 g/mol. The maximum absolute atomic E-state index is 12.6. The van der Waals surface area contributed by atoms with E-state index in [4.69, 9.17) is 4.74 Å². The molecular formula is C22H29F3N4O4S. The Hall–Kier alpha value is -2.60. The predicted octanol–water partition coefficient (Wildman–Crippen LogP) is 4.13. The van der Waals surface area contributed by atoms with Gasteiger partial charge in [0.25, 0.3) is 0 Å². The fourth-order valence-corrected chi connectivity index (χ4v) is 4.95. The zero-order valence-corrected chi connectivity index (χ0v) is 20.7. The summed E-state index contributed by atoms with van der Waals surface area (Å²) in [4.78, 5) is 2.09. The molecule has 0 atom stereocenters. The molecule has 34 heavy (non-hydrogen) atoms. The summed E-state index contributed by atoms with van der Waals surface area (Å²) in [6.45, 7) is 8.68. The number of piperidine rings is 1. The molecule has 188 valence electrons. The second kappa shape index (κ2) is 8.88. The SMILES string of the molecule is COc1cc(OS(=O)(=O)C(F)(F)F)ccc1-c1ccc(N(C)C2CC(C)(C)NC(C)(C)C2)nn1. The molecule has 0 amide bonds. The van der Waals surface area contributed by atoms with Gasteiger partial charge in [0.05, 0.1) is 12.8 Å². The molecule has 0 spiro atoms. The second-order valence-corrected chi connectivity index (χ2v) is 11.2. The van der Waals surface area contributed by atoms with Crippen molar-refractivity contribution in [3.05, 3.63) is 30.3 Å². The lowest BCUT2D eigenvalue weighted by Crippen LogP contribution is -2.62. The van der Waals surface area contributed by atoms with Crippen molar-refractivity contribution in [3.8, 4) is 22.8 Å². The van der Waals surface area contributed by atoms with Crippen LogP contribution >= 0.6 is 0 Å². The van der Waals surface area contributed by atoms with Gasteiger partial charge in [-0.1, -0.05) is 0 Å². The minimum absolute atomic E-state index is 0.0369. The largest absolute Gasteiger partial charge is 0.534 e. The highest BCUT2D eigenvalue weighted by Gasteiger charge is 2.48. The maximum atomic E-state index is 12.6. The fraction of sp³-hybridized carbons (Fsp3) is 0.545. The van der Waals surface area contributed by atoms with Gasteiger partial charge in [-0.05, 0) is 64.8 Å². The van der Waals surface area contributed by atoms with Crippen LogP contribution in [-0.2, 0) is 10.1 Å². The molecule has 1 fully saturated rings. The average Bonchev–Trinajstić information content (AvgIpc) is 2.70. The van der Waals surface area contributed by atoms with Crippen molar-refractivity contribution in [1.82, 2.24) is 15.5 Å². The number of rotatable bonds is 6. The van der Waals surface area contributed by atoms with Crippen LogP contribution in [0.2, 0.25) is 0 Å². The number of alkyl halides is 3. The van der Waals surface area contributed by atoms with Crippen molar-refractivity contribution >= 4 is 15.9 Å². The van der Waals surface area contributed by atoms with Crippen molar-refractivity contribution in [2.45, 2.75) is 63.2 Å². The van der Waals surface area contributed by atoms with E-state index in [9.17, 15) is 21.6 Å². The van der Waals surface area contributed by atoms with Crippen LogP contribution < -0.4 is 19.1 Å². The second-order valence-electron chi connectivity index (χ2n) is 9.69. The van der Waals surface area contributed by atoms with Crippen molar-refractivity contribution in [1.29, 1.82) is 0 Å². The van der Waals surface area contributed by atoms with E-state index in [1.165, 1.54) is 13.2 Å². The predicted molar refractivity (Wildman–Crippen MR) is 122 cm³/mol. The molecule has 0 unspecified atom stereocenters. The van der Waals surface area contributed by atoms with Gasteiger partial charge in [0.1, 0.15) is 11.5 Å². The highest BCUT2D eigenvalue weighted by Crippen LogP contribution is 2.36. The number of aromatic nitrogens is 2. The molecule has 0 aliphatic carbocycles. The van der Waals surface area contributed by atoms with Crippen LogP contribution in [0.5, 0.6) is 11.5 Å². The highest BCUT2D eigenvalue weighted by molar-refractivity contribution is 7.88. The summed E-state index contributed by atoms with van der Waals surface area (Å²) < 4.78 is 69.7. The van der Waals surface area contributed by atoms with Crippen LogP contribution in [0.4, 0.5) is 19.0 Å². The van der Waals surface area contributed by atoms with E-state index in [2.05, 4.69) is 52.3 Å². The minimum atomic E-state index is -5.79. The summed E-state index contributed by atoms with van der Waals surface area (Å²) in [5, 5.41) is 12.3. The van der Waals surface area contributed by atoms with Crippen LogP contribution in [0.3, 0.4) is 0 Å². The number of nitrogens with zero attached hydrogens (tertiary/aromatic N) is 3. The summed E-state index contributed by atoms with van der Waals surface area (Å²) in [6, 6.07) is 7.30. The lowest BCUT2D eigenvalue weighted by molar-refractivity contribution is -0.0500. The Bertz CT molecular complexity index is 1120. The number of nitrogens with one attached hydrogen (secondary N) is 1. The van der Waals surface area contributed by atoms with Gasteiger partial charge in [0.15, 0.2) is 5.82 Å². The highest BCUT2D eigenvalue weighted by atomic mass is 32.2. The zero-order chi connectivity index (χ0) is 25.5. The van der Waals surface area contributed by atoms with Gasteiger partial charge in [-0.2, -0.15) is 21.6 Å². The van der Waals surface area contributed by atoms with Crippen LogP contribution in [0.15, 0.2) is 30.3 Å². The quantitative estimate of drug-likeness (QED) is 0.466. The Balaban J connectivity index is 1.83. The van der Waals surface area contributed by atoms with E-state index in [0.29, 0.717) is 17.1 Å². The van der Waals surface area contributed by atoms with E-state index in [1.807, 2.05) is 13.1 Å². The van der Waals surface area contributed by atoms with Crippen LogP contribution in [0, 0.1) is 0 Å². The molecule has 1 aliphatic rings. The molecule has 1 saturated heterocycles. The monoisotopic (exact) mass is 502 g/mol. The van der Waals surface area contributed by atoms with Crippen molar-refractivity contribution in [2.24, 2.45) is 0 Å². The molecule has 0 bridgehead atoms. The van der Waals surface area contributed by atoms with Gasteiger partial charge in [-0.15, -0.1) is 10.2 Å². The summed E-state index contributed by atoms with van der Waals surface area (Å²) in [6.07, 6.45) is 1.85. The third kappa shape index (κ3) is 5.72. The zero-order valence-electron chi connectivity index (χ0n) is 19.9. The van der Waals surface area contributed by atoms with Gasteiger partial charge >= 0.3 is 15.6 Å². The number of hydrogen-bond donors (Lipinski definition) is 1. The van der Waals surface area contributed by atoms with E-state index in [-0.39, 0.29) is 22.9 Å². The number of methoxy groups -OCH3 is 1. The number of hydrogen-bond acceptors (Lipinski definition) is 8. The molecule has 8 nitrogen and oxygen atoms in total. The first kappa shape index (κ1) is 26.0. The summed E-state index contributed by atoms with van der Waals surface area (Å²) in [5.41, 5.74) is -4.78. The van der Waals surface area contributed by atoms with Crippen LogP contribution in [0.25, 0.3) is 11.3 Å². The number of benzene rings is 1. The van der Waals surface area contributed by atoms with Gasteiger partial charge < -0.3 is 19.1 Å². The normalized spacial score (nSPS) is 18.4. The van der Waals surface area contributed by atoms with Gasteiger partial charge in [-0.25, -0.2) is 0 Å². The number of anilines is 1. The molecule has 2 heterocycles. The molecule has 0 radical (unpaired) electrons. The molecule has 0 saturated carbocycles. The van der Waals surface area contributed by atoms with Gasteiger partial charge in [-0.3, -0.25) is 0 Å². The molecule has 1 aromatic heterocycles. The van der Waals surface area contributed by atoms with Crippen LogP contribution in [-0.4, -0.2) is 55.4 Å². The fourth-order valence-electron chi connectivity index (χ4n) is 4.50. The molecule has 1 aliphatic heterocycles. The summed E-state index contributed by atoms with van der Waals surface area (Å²) >= 11 is 0. The molecule has 1 N–H and O–H groups in total. The lowest BCUT2D eigenvalue weighted by atomic mass is 9.79. The minimum Gasteiger partial charge on any atom is -0.496 e. The van der Waals surface area contributed by atoms with E-state index in [0.717, 1.165) is 25.0 Å². The third-order valence-electron chi connectivity index (χ3n) is 5.67. The van der Waals surface area contributed by atoms with Crippen molar-refractivity contribution in [2.75, 3.05) is 19.1 Å². The Morgan fingerprint density at radius 3 is 2.18 bits per heavy atom. The molecule has 1 aromatic carbocycles. The van der Waals surface area contributed by atoms with E-state index in [1.54, 1.807) is 6.07 Å². The Kier molecular flexibility index (Phi) is 6.79. The summed E-state index contributed by atoms with van der Waals surface area (Å²) in [5.74, 6) is 0.239. The van der Waals surface area contributed by atoms with Gasteiger partial charge in [0.2, 0.25) is 0 Å². The maximum Gasteiger partial charge on any atom is 0.534 e. The van der Waals surface area contributed by atoms with Crippen LogP contribution in [0.1, 0.15) is 40.5 Å². The first-order chi connectivity index (χ1) is 15.5. The Morgan fingerprint density at radius 2 is 1.68 bits per heavy atom. The smallest absolute Gasteiger partial charge is 0.496 e.